The highest BCUT2D eigenvalue weighted by molar-refractivity contribution is 7.20. The van der Waals surface area contributed by atoms with E-state index in [2.05, 4.69) is 29.9 Å². The standard InChI is InChI=1S/C44H22F12N6Si/c45-41(46,47)37-57-35(58-38(61-37)42(48,49)50)29-19-17-23-16-18-28-31(36-59-39(43(51,52)53)62-40(60-36)44(54,55)56)22-32(30-21-20-27(29)33(23)34(28)30)63(24-10-4-1-5-11-24,25-12-6-2-7-13-25)26-14-8-3-9-15-26/h1-22H. The predicted octanol–water partition coefficient (Wildman–Crippen LogP) is 9.74. The molecule has 0 fully saturated rings. The summed E-state index contributed by atoms with van der Waals surface area (Å²) in [4.78, 5) is 19.3. The van der Waals surface area contributed by atoms with Gasteiger partial charge < -0.3 is 0 Å². The second-order valence-electron chi connectivity index (χ2n) is 14.3. The van der Waals surface area contributed by atoms with Crippen molar-refractivity contribution in [3.63, 3.8) is 0 Å². The summed E-state index contributed by atoms with van der Waals surface area (Å²) in [6.07, 6.45) is -21.8. The molecule has 9 aromatic rings. The molecule has 0 aliphatic rings. The van der Waals surface area contributed by atoms with Crippen molar-refractivity contribution in [2.24, 2.45) is 0 Å². The van der Waals surface area contributed by atoms with Gasteiger partial charge >= 0.3 is 24.7 Å². The summed E-state index contributed by atoms with van der Waals surface area (Å²) in [5.74, 6) is -10.5. The van der Waals surface area contributed by atoms with Gasteiger partial charge in [0.1, 0.15) is 0 Å². The molecule has 2 aromatic heterocycles. The van der Waals surface area contributed by atoms with Crippen LogP contribution in [-0.2, 0) is 24.7 Å². The minimum atomic E-state index is -5.47. The number of hydrogen-bond acceptors (Lipinski definition) is 6. The Hall–Kier alpha value is -7.02. The molecule has 63 heavy (non-hydrogen) atoms. The van der Waals surface area contributed by atoms with E-state index in [-0.39, 0.29) is 32.7 Å². The Bertz CT molecular complexity index is 3020. The van der Waals surface area contributed by atoms with Gasteiger partial charge in [-0.2, -0.15) is 52.7 Å². The van der Waals surface area contributed by atoms with E-state index in [1.54, 1.807) is 60.7 Å². The molecular formula is C44H22F12N6Si. The van der Waals surface area contributed by atoms with Gasteiger partial charge in [0.2, 0.25) is 23.3 Å². The first-order valence-electron chi connectivity index (χ1n) is 18.5. The van der Waals surface area contributed by atoms with Crippen molar-refractivity contribution in [2.75, 3.05) is 0 Å². The maximum absolute atomic E-state index is 14.4. The smallest absolute Gasteiger partial charge is 0.204 e. The Morgan fingerprint density at radius 1 is 0.333 bits per heavy atom. The van der Waals surface area contributed by atoms with Crippen LogP contribution in [0.25, 0.3) is 55.1 Å². The van der Waals surface area contributed by atoms with Crippen molar-refractivity contribution in [3.05, 3.63) is 157 Å². The minimum Gasteiger partial charge on any atom is -0.204 e. The lowest BCUT2D eigenvalue weighted by molar-refractivity contribution is -0.156. The van der Waals surface area contributed by atoms with Gasteiger partial charge in [0, 0.05) is 11.1 Å². The van der Waals surface area contributed by atoms with E-state index in [4.69, 9.17) is 0 Å². The Kier molecular flexibility index (Phi) is 9.54. The number of halogens is 12. The largest absolute Gasteiger partial charge is 0.451 e. The summed E-state index contributed by atoms with van der Waals surface area (Å²) in [5, 5.41) is 3.76. The summed E-state index contributed by atoms with van der Waals surface area (Å²) in [5.41, 5.74) is -0.604. The molecular weight excluding hydrogens is 869 g/mol. The van der Waals surface area contributed by atoms with E-state index < -0.39 is 67.7 Å². The highest BCUT2D eigenvalue weighted by atomic mass is 28.3. The van der Waals surface area contributed by atoms with E-state index >= 15 is 0 Å². The van der Waals surface area contributed by atoms with Crippen LogP contribution < -0.4 is 20.7 Å². The Morgan fingerprint density at radius 3 is 1.10 bits per heavy atom. The van der Waals surface area contributed by atoms with Crippen molar-refractivity contribution in [1.82, 2.24) is 29.9 Å². The lowest BCUT2D eigenvalue weighted by Crippen LogP contribution is -2.74. The molecule has 7 aromatic carbocycles. The van der Waals surface area contributed by atoms with Crippen LogP contribution in [0.4, 0.5) is 52.7 Å². The first-order chi connectivity index (χ1) is 29.8. The highest BCUT2D eigenvalue weighted by Crippen LogP contribution is 2.43. The van der Waals surface area contributed by atoms with E-state index in [9.17, 15) is 52.7 Å². The molecule has 0 spiro atoms. The molecule has 0 N–H and O–H groups in total. The number of nitrogens with zero attached hydrogens (tertiary/aromatic N) is 6. The molecule has 0 amide bonds. The maximum atomic E-state index is 14.4. The zero-order valence-corrected chi connectivity index (χ0v) is 32.4. The molecule has 0 radical (unpaired) electrons. The molecule has 0 aliphatic heterocycles. The molecule has 0 unspecified atom stereocenters. The number of aromatic nitrogens is 6. The molecule has 0 saturated carbocycles. The van der Waals surface area contributed by atoms with Crippen molar-refractivity contribution in [2.45, 2.75) is 24.7 Å². The Balaban J connectivity index is 1.50. The molecule has 0 aliphatic carbocycles. The van der Waals surface area contributed by atoms with Crippen LogP contribution in [0.5, 0.6) is 0 Å². The quantitative estimate of drug-likeness (QED) is 0.0717. The zero-order chi connectivity index (χ0) is 44.7. The van der Waals surface area contributed by atoms with Gasteiger partial charge in [0.05, 0.1) is 0 Å². The van der Waals surface area contributed by atoms with Crippen LogP contribution in [0.2, 0.25) is 0 Å². The summed E-state index contributed by atoms with van der Waals surface area (Å²) in [6.45, 7) is 0. The van der Waals surface area contributed by atoms with Gasteiger partial charge in [-0.1, -0.05) is 121 Å². The van der Waals surface area contributed by atoms with Crippen LogP contribution >= 0.6 is 0 Å². The normalized spacial score (nSPS) is 13.1. The van der Waals surface area contributed by atoms with Crippen molar-refractivity contribution < 1.29 is 52.7 Å². The highest BCUT2D eigenvalue weighted by Gasteiger charge is 2.46. The monoisotopic (exact) mass is 890 g/mol. The predicted molar refractivity (Wildman–Crippen MR) is 211 cm³/mol. The Labute approximate surface area is 347 Å². The third kappa shape index (κ3) is 7.05. The average molecular weight is 891 g/mol. The number of alkyl halides is 12. The number of benzene rings is 7. The first-order valence-corrected chi connectivity index (χ1v) is 20.5. The van der Waals surface area contributed by atoms with Crippen LogP contribution in [0.15, 0.2) is 133 Å². The summed E-state index contributed by atoms with van der Waals surface area (Å²) >= 11 is 0. The van der Waals surface area contributed by atoms with Gasteiger partial charge in [0.25, 0.3) is 0 Å². The summed E-state index contributed by atoms with van der Waals surface area (Å²) in [6, 6.07) is 37.1. The molecule has 6 nitrogen and oxygen atoms in total. The van der Waals surface area contributed by atoms with Gasteiger partial charge in [-0.25, -0.2) is 29.9 Å². The van der Waals surface area contributed by atoms with Crippen LogP contribution in [-0.4, -0.2) is 38.0 Å². The number of rotatable bonds is 6. The lowest BCUT2D eigenvalue weighted by atomic mass is 9.89. The van der Waals surface area contributed by atoms with Crippen LogP contribution in [0.3, 0.4) is 0 Å². The third-order valence-electron chi connectivity index (χ3n) is 10.6. The van der Waals surface area contributed by atoms with Crippen LogP contribution in [0, 0.1) is 0 Å². The van der Waals surface area contributed by atoms with Crippen molar-refractivity contribution in [1.29, 1.82) is 0 Å². The van der Waals surface area contributed by atoms with E-state index in [1.807, 2.05) is 36.4 Å². The van der Waals surface area contributed by atoms with Gasteiger partial charge in [-0.05, 0) is 65.2 Å². The van der Waals surface area contributed by atoms with Gasteiger partial charge in [-0.3, -0.25) is 0 Å². The van der Waals surface area contributed by atoms with E-state index in [0.717, 1.165) is 15.6 Å². The molecule has 19 heteroatoms. The van der Waals surface area contributed by atoms with Gasteiger partial charge in [-0.15, -0.1) is 0 Å². The lowest BCUT2D eigenvalue weighted by Gasteiger charge is -2.36. The fourth-order valence-electron chi connectivity index (χ4n) is 8.12. The molecule has 0 bridgehead atoms. The van der Waals surface area contributed by atoms with Crippen molar-refractivity contribution >= 4 is 61.1 Å². The fraction of sp³-hybridized carbons (Fsp3) is 0.0909. The molecule has 2 heterocycles. The molecule has 0 atom stereocenters. The minimum absolute atomic E-state index is 0.00940. The fourth-order valence-corrected chi connectivity index (χ4v) is 13.1. The number of hydrogen-bond donors (Lipinski definition) is 0. The molecule has 9 rings (SSSR count). The second kappa shape index (κ2) is 14.5. The van der Waals surface area contributed by atoms with E-state index in [1.165, 1.54) is 36.4 Å². The third-order valence-corrected chi connectivity index (χ3v) is 15.4. The maximum Gasteiger partial charge on any atom is 0.451 e. The molecule has 316 valence electrons. The van der Waals surface area contributed by atoms with Gasteiger partial charge in [0.15, 0.2) is 19.7 Å². The van der Waals surface area contributed by atoms with Crippen LogP contribution in [0.1, 0.15) is 23.3 Å². The van der Waals surface area contributed by atoms with E-state index in [0.29, 0.717) is 16.0 Å². The average Bonchev–Trinajstić information content (AvgIpc) is 3.25. The topological polar surface area (TPSA) is 77.3 Å². The summed E-state index contributed by atoms with van der Waals surface area (Å²) in [7, 11) is -3.79. The second-order valence-corrected chi connectivity index (χ2v) is 18.1. The molecule has 0 saturated heterocycles. The SMILES string of the molecule is FC(F)(F)c1nc(-c2ccc3ccc4c(-c5nc(C(F)(F)F)nc(C(F)(F)F)n5)cc([Si](c5ccccc5)(c5ccccc5)c5ccccc5)c5ccc2c3c45)nc(C(F)(F)F)n1. The van der Waals surface area contributed by atoms with Crippen molar-refractivity contribution in [3.8, 4) is 22.8 Å². The zero-order valence-electron chi connectivity index (χ0n) is 31.4. The first kappa shape index (κ1) is 41.3. The summed E-state index contributed by atoms with van der Waals surface area (Å²) < 4.78 is 170. The Morgan fingerprint density at radius 2 is 0.683 bits per heavy atom.